The topological polar surface area (TPSA) is 52.6 Å². The molecule has 0 bridgehead atoms. The molecule has 6 heteroatoms. The Kier molecular flexibility index (Phi) is 5.50. The van der Waals surface area contributed by atoms with Crippen LogP contribution in [0.5, 0.6) is 0 Å². The van der Waals surface area contributed by atoms with Crippen molar-refractivity contribution in [3.63, 3.8) is 0 Å². The highest BCUT2D eigenvalue weighted by molar-refractivity contribution is 5.74. The number of halogens is 2. The first-order valence-electron chi connectivity index (χ1n) is 7.17. The van der Waals surface area contributed by atoms with Crippen molar-refractivity contribution in [2.45, 2.75) is 19.3 Å². The summed E-state index contributed by atoms with van der Waals surface area (Å²) in [4.78, 5) is 13.6. The normalized spacial score (nSPS) is 18.6. The maximum absolute atomic E-state index is 13.4. The Balaban J connectivity index is 1.80. The van der Waals surface area contributed by atoms with E-state index in [1.165, 1.54) is 0 Å². The average molecular weight is 298 g/mol. The van der Waals surface area contributed by atoms with Crippen LogP contribution in [0.3, 0.4) is 0 Å². The molecule has 0 aliphatic carbocycles. The number of carbonyl (C=O) groups is 1. The van der Waals surface area contributed by atoms with Gasteiger partial charge in [0.2, 0.25) is 0 Å². The third kappa shape index (κ3) is 4.39. The van der Waals surface area contributed by atoms with E-state index >= 15 is 0 Å². The fraction of sp³-hybridized carbons (Fsp3) is 0.533. The van der Waals surface area contributed by atoms with Crippen molar-refractivity contribution in [3.8, 4) is 0 Å². The van der Waals surface area contributed by atoms with Gasteiger partial charge in [-0.2, -0.15) is 0 Å². The first-order valence-corrected chi connectivity index (χ1v) is 7.17. The molecule has 1 atom stereocenters. The van der Waals surface area contributed by atoms with E-state index in [1.807, 2.05) is 0 Å². The third-order valence-electron chi connectivity index (χ3n) is 3.74. The molecule has 2 N–H and O–H groups in total. The molecule has 0 aromatic heterocycles. The summed E-state index contributed by atoms with van der Waals surface area (Å²) in [5.41, 5.74) is 0.252. The Morgan fingerprint density at radius 1 is 1.43 bits per heavy atom. The number of nitrogens with one attached hydrogen (secondary N) is 1. The molecule has 0 saturated carbocycles. The minimum Gasteiger partial charge on any atom is -0.396 e. The van der Waals surface area contributed by atoms with Gasteiger partial charge in [-0.15, -0.1) is 0 Å². The van der Waals surface area contributed by atoms with Crippen molar-refractivity contribution in [2.75, 3.05) is 26.2 Å². The fourth-order valence-corrected chi connectivity index (χ4v) is 2.55. The first kappa shape index (κ1) is 15.7. The van der Waals surface area contributed by atoms with Gasteiger partial charge in [0.05, 0.1) is 0 Å². The highest BCUT2D eigenvalue weighted by Crippen LogP contribution is 2.15. The number of amides is 2. The van der Waals surface area contributed by atoms with E-state index in [2.05, 4.69) is 5.32 Å². The SMILES string of the molecule is O=C(NCCc1cc(F)ccc1F)N1CCC[C@H](CO)C1. The monoisotopic (exact) mass is 298 g/mol. The van der Waals surface area contributed by atoms with Crippen molar-refractivity contribution in [3.05, 3.63) is 35.4 Å². The minimum absolute atomic E-state index is 0.0816. The van der Waals surface area contributed by atoms with Crippen LogP contribution in [0.4, 0.5) is 13.6 Å². The summed E-state index contributed by atoms with van der Waals surface area (Å²) in [5, 5.41) is 11.8. The zero-order chi connectivity index (χ0) is 15.2. The van der Waals surface area contributed by atoms with Gasteiger partial charge in [-0.05, 0) is 48.9 Å². The van der Waals surface area contributed by atoms with E-state index < -0.39 is 11.6 Å². The molecule has 116 valence electrons. The lowest BCUT2D eigenvalue weighted by Gasteiger charge is -2.31. The summed E-state index contributed by atoms with van der Waals surface area (Å²) in [6, 6.07) is 3.08. The molecule has 4 nitrogen and oxygen atoms in total. The van der Waals surface area contributed by atoms with E-state index in [0.29, 0.717) is 13.1 Å². The van der Waals surface area contributed by atoms with Gasteiger partial charge < -0.3 is 15.3 Å². The maximum Gasteiger partial charge on any atom is 0.317 e. The molecule has 2 rings (SSSR count). The molecule has 0 spiro atoms. The number of rotatable bonds is 4. The summed E-state index contributed by atoms with van der Waals surface area (Å²) in [6.07, 6.45) is 2.04. The van der Waals surface area contributed by atoms with Crippen LogP contribution in [-0.2, 0) is 6.42 Å². The predicted molar refractivity (Wildman–Crippen MR) is 74.8 cm³/mol. The van der Waals surface area contributed by atoms with Gasteiger partial charge in [-0.3, -0.25) is 0 Å². The van der Waals surface area contributed by atoms with Gasteiger partial charge in [0, 0.05) is 26.2 Å². The van der Waals surface area contributed by atoms with Crippen LogP contribution in [0, 0.1) is 17.6 Å². The zero-order valence-electron chi connectivity index (χ0n) is 11.8. The van der Waals surface area contributed by atoms with Crippen LogP contribution in [0.25, 0.3) is 0 Å². The first-order chi connectivity index (χ1) is 10.1. The van der Waals surface area contributed by atoms with Crippen LogP contribution in [0.15, 0.2) is 18.2 Å². The molecule has 1 aromatic rings. The molecular weight excluding hydrogens is 278 g/mol. The predicted octanol–water partition coefficient (Wildman–Crippen LogP) is 1.92. The highest BCUT2D eigenvalue weighted by Gasteiger charge is 2.22. The number of benzene rings is 1. The summed E-state index contributed by atoms with van der Waals surface area (Å²) >= 11 is 0. The lowest BCUT2D eigenvalue weighted by atomic mass is 9.99. The molecule has 1 aliphatic heterocycles. The van der Waals surface area contributed by atoms with Crippen LogP contribution >= 0.6 is 0 Å². The Morgan fingerprint density at radius 2 is 2.24 bits per heavy atom. The largest absolute Gasteiger partial charge is 0.396 e. The Labute approximate surface area is 122 Å². The van der Waals surface area contributed by atoms with E-state index in [0.717, 1.165) is 31.0 Å². The molecule has 1 heterocycles. The van der Waals surface area contributed by atoms with Gasteiger partial charge in [-0.1, -0.05) is 0 Å². The number of hydrogen-bond acceptors (Lipinski definition) is 2. The van der Waals surface area contributed by atoms with Gasteiger partial charge in [0.1, 0.15) is 11.6 Å². The molecule has 0 unspecified atom stereocenters. The molecule has 2 amide bonds. The number of carbonyl (C=O) groups excluding carboxylic acids is 1. The molecule has 1 fully saturated rings. The van der Waals surface area contributed by atoms with Gasteiger partial charge >= 0.3 is 6.03 Å². The summed E-state index contributed by atoms with van der Waals surface area (Å²) in [7, 11) is 0. The number of aliphatic hydroxyl groups is 1. The van der Waals surface area contributed by atoms with Crippen molar-refractivity contribution in [2.24, 2.45) is 5.92 Å². The van der Waals surface area contributed by atoms with Crippen molar-refractivity contribution >= 4 is 6.03 Å². The number of likely N-dealkylation sites (tertiary alicyclic amines) is 1. The lowest BCUT2D eigenvalue weighted by Crippen LogP contribution is -2.46. The van der Waals surface area contributed by atoms with E-state index in [4.69, 9.17) is 5.11 Å². The Bertz CT molecular complexity index is 497. The van der Waals surface area contributed by atoms with E-state index in [9.17, 15) is 13.6 Å². The van der Waals surface area contributed by atoms with Crippen molar-refractivity contribution in [1.29, 1.82) is 0 Å². The highest BCUT2D eigenvalue weighted by atomic mass is 19.1. The summed E-state index contributed by atoms with van der Waals surface area (Å²) < 4.78 is 26.4. The summed E-state index contributed by atoms with van der Waals surface area (Å²) in [5.74, 6) is -0.825. The molecular formula is C15H20F2N2O2. The van der Waals surface area contributed by atoms with Gasteiger partial charge in [0.25, 0.3) is 0 Å². The second-order valence-corrected chi connectivity index (χ2v) is 5.35. The molecule has 0 radical (unpaired) electrons. The number of aliphatic hydroxyl groups excluding tert-OH is 1. The molecule has 1 aromatic carbocycles. The van der Waals surface area contributed by atoms with Crippen molar-refractivity contribution < 1.29 is 18.7 Å². The Hall–Kier alpha value is -1.69. The number of nitrogens with zero attached hydrogens (tertiary/aromatic N) is 1. The number of urea groups is 1. The quantitative estimate of drug-likeness (QED) is 0.892. The maximum atomic E-state index is 13.4. The lowest BCUT2D eigenvalue weighted by molar-refractivity contribution is 0.129. The molecule has 1 aliphatic rings. The van der Waals surface area contributed by atoms with E-state index in [-0.39, 0.29) is 37.1 Å². The smallest absolute Gasteiger partial charge is 0.317 e. The second kappa shape index (κ2) is 7.36. The van der Waals surface area contributed by atoms with Crippen molar-refractivity contribution in [1.82, 2.24) is 10.2 Å². The minimum atomic E-state index is -0.487. The Morgan fingerprint density at radius 3 is 3.00 bits per heavy atom. The van der Waals surface area contributed by atoms with Gasteiger partial charge in [-0.25, -0.2) is 13.6 Å². The van der Waals surface area contributed by atoms with Gasteiger partial charge in [0.15, 0.2) is 0 Å². The van der Waals surface area contributed by atoms with Crippen LogP contribution in [0.2, 0.25) is 0 Å². The third-order valence-corrected chi connectivity index (χ3v) is 3.74. The average Bonchev–Trinajstić information content (AvgIpc) is 2.50. The standard InChI is InChI=1S/C15H20F2N2O2/c16-13-3-4-14(17)12(8-13)5-6-18-15(21)19-7-1-2-11(9-19)10-20/h3-4,8,11,20H,1-2,5-7,9-10H2,(H,18,21)/t11-/m0/s1. The number of hydrogen-bond donors (Lipinski definition) is 2. The number of piperidine rings is 1. The zero-order valence-corrected chi connectivity index (χ0v) is 11.8. The van der Waals surface area contributed by atoms with Crippen LogP contribution in [-0.4, -0.2) is 42.3 Å². The second-order valence-electron chi connectivity index (χ2n) is 5.35. The van der Waals surface area contributed by atoms with Crippen LogP contribution < -0.4 is 5.32 Å². The van der Waals surface area contributed by atoms with Crippen LogP contribution in [0.1, 0.15) is 18.4 Å². The summed E-state index contributed by atoms with van der Waals surface area (Å²) in [6.45, 7) is 1.53. The fourth-order valence-electron chi connectivity index (χ4n) is 2.55. The molecule has 21 heavy (non-hydrogen) atoms. The van der Waals surface area contributed by atoms with E-state index in [1.54, 1.807) is 4.90 Å². The molecule has 1 saturated heterocycles.